The molecule has 0 aromatic rings. The van der Waals surface area contributed by atoms with Crippen LogP contribution in [-0.4, -0.2) is 47.4 Å². The molecule has 0 aromatic heterocycles. The van der Waals surface area contributed by atoms with Crippen molar-refractivity contribution >= 4 is 11.9 Å². The smallest absolute Gasteiger partial charge is 0.305 e. The fraction of sp³-hybridized carbons (Fsp3) is 0.903. The maximum atomic E-state index is 12.5. The highest BCUT2D eigenvalue weighted by Gasteiger charge is 2.18. The molecule has 0 heterocycles. The molecule has 2 unspecified atom stereocenters. The van der Waals surface area contributed by atoms with Crippen LogP contribution < -0.4 is 5.32 Å². The molecule has 0 radical (unpaired) electrons. The van der Waals surface area contributed by atoms with Crippen LogP contribution in [0.25, 0.3) is 0 Å². The monoisotopic (exact) mass is 958 g/mol. The molecule has 6 heteroatoms. The normalized spacial score (nSPS) is 12.7. The predicted molar refractivity (Wildman–Crippen MR) is 296 cm³/mol. The second-order valence-corrected chi connectivity index (χ2v) is 21.0. The van der Waals surface area contributed by atoms with Gasteiger partial charge in [-0.2, -0.15) is 0 Å². The van der Waals surface area contributed by atoms with Gasteiger partial charge in [0.15, 0.2) is 0 Å². The third kappa shape index (κ3) is 53.7. The van der Waals surface area contributed by atoms with Crippen molar-refractivity contribution in [2.45, 2.75) is 347 Å². The van der Waals surface area contributed by atoms with Crippen molar-refractivity contribution in [3.63, 3.8) is 0 Å². The zero-order valence-corrected chi connectivity index (χ0v) is 45.9. The Morgan fingerprint density at radius 2 is 0.691 bits per heavy atom. The summed E-state index contributed by atoms with van der Waals surface area (Å²) < 4.78 is 5.46. The molecule has 2 atom stereocenters. The lowest BCUT2D eigenvalue weighted by atomic mass is 10.0. The molecule has 0 aromatic carbocycles. The Hall–Kier alpha value is -1.66. The number of amides is 1. The highest BCUT2D eigenvalue weighted by Crippen LogP contribution is 2.17. The van der Waals surface area contributed by atoms with Gasteiger partial charge in [0.2, 0.25) is 5.91 Å². The van der Waals surface area contributed by atoms with Crippen molar-refractivity contribution in [1.82, 2.24) is 5.32 Å². The second kappa shape index (κ2) is 57.9. The van der Waals surface area contributed by atoms with Crippen molar-refractivity contribution in [2.75, 3.05) is 13.2 Å². The number of hydrogen-bond donors (Lipinski definition) is 3. The first-order valence-corrected chi connectivity index (χ1v) is 30.6. The Morgan fingerprint density at radius 3 is 1.04 bits per heavy atom. The van der Waals surface area contributed by atoms with E-state index in [4.69, 9.17) is 4.74 Å². The zero-order valence-electron chi connectivity index (χ0n) is 45.9. The highest BCUT2D eigenvalue weighted by molar-refractivity contribution is 5.76. The molecule has 0 spiro atoms. The summed E-state index contributed by atoms with van der Waals surface area (Å²) in [6.07, 6.45) is 70.7. The van der Waals surface area contributed by atoms with Crippen LogP contribution in [0.15, 0.2) is 24.3 Å². The lowest BCUT2D eigenvalue weighted by molar-refractivity contribution is -0.143. The summed E-state index contributed by atoms with van der Waals surface area (Å²) in [6.45, 7) is 4.91. The number of aliphatic hydroxyl groups is 2. The molecule has 0 saturated heterocycles. The SMILES string of the molecule is CCCCCCCCCCCCCCCCCCCCCC/C=C/C(O)C(CO)NC(=O)CCCCCCC/C=C\CCCCCCCCCCCOC(=O)CCCCCCCCCCCCC. The summed E-state index contributed by atoms with van der Waals surface area (Å²) in [5, 5.41) is 23.2. The molecule has 1 amide bonds. The fourth-order valence-corrected chi connectivity index (χ4v) is 9.51. The van der Waals surface area contributed by atoms with Gasteiger partial charge in [-0.05, 0) is 57.8 Å². The van der Waals surface area contributed by atoms with Gasteiger partial charge in [-0.3, -0.25) is 9.59 Å². The van der Waals surface area contributed by atoms with Crippen LogP contribution in [0.1, 0.15) is 335 Å². The Labute approximate surface area is 424 Å². The lowest BCUT2D eigenvalue weighted by Gasteiger charge is -2.20. The predicted octanol–water partition coefficient (Wildman–Crippen LogP) is 19.0. The first-order valence-electron chi connectivity index (χ1n) is 30.6. The van der Waals surface area contributed by atoms with E-state index < -0.39 is 12.1 Å². The van der Waals surface area contributed by atoms with E-state index in [1.165, 1.54) is 250 Å². The van der Waals surface area contributed by atoms with E-state index in [0.29, 0.717) is 19.4 Å². The molecular formula is C62H119NO5. The minimum Gasteiger partial charge on any atom is -0.466 e. The number of nitrogens with one attached hydrogen (secondary N) is 1. The second-order valence-electron chi connectivity index (χ2n) is 21.0. The molecule has 6 nitrogen and oxygen atoms in total. The van der Waals surface area contributed by atoms with Gasteiger partial charge in [-0.1, -0.05) is 289 Å². The van der Waals surface area contributed by atoms with Gasteiger partial charge in [0.1, 0.15) is 0 Å². The zero-order chi connectivity index (χ0) is 49.3. The average Bonchev–Trinajstić information content (AvgIpc) is 3.34. The van der Waals surface area contributed by atoms with Crippen molar-refractivity contribution < 1.29 is 24.5 Å². The first kappa shape index (κ1) is 66.3. The van der Waals surface area contributed by atoms with Gasteiger partial charge >= 0.3 is 5.97 Å². The number of hydrogen-bond acceptors (Lipinski definition) is 5. The molecule has 0 bridgehead atoms. The molecule has 3 N–H and O–H groups in total. The third-order valence-electron chi connectivity index (χ3n) is 14.2. The Bertz CT molecular complexity index is 1060. The maximum Gasteiger partial charge on any atom is 0.305 e. The van der Waals surface area contributed by atoms with E-state index in [9.17, 15) is 19.8 Å². The summed E-state index contributed by atoms with van der Waals surface area (Å²) in [6, 6.07) is -0.638. The third-order valence-corrected chi connectivity index (χ3v) is 14.2. The standard InChI is InChI=1S/C62H119NO5/c1-3-5-7-9-11-13-15-16-17-18-19-20-21-22-25-28-31-35-38-42-46-50-54-60(65)59(58-64)63-61(66)55-51-47-43-39-36-32-29-26-23-24-27-30-33-37-41-45-49-53-57-68-62(67)56-52-48-44-40-34-14-12-10-8-6-4-2/h26,29,50,54,59-60,64-65H,3-25,27-28,30-49,51-53,55-58H2,1-2H3,(H,63,66)/b29-26-,54-50+. The van der Waals surface area contributed by atoms with E-state index in [0.717, 1.165) is 57.8 Å². The van der Waals surface area contributed by atoms with Crippen molar-refractivity contribution in [3.8, 4) is 0 Å². The molecule has 402 valence electrons. The number of unbranched alkanes of at least 4 members (excludes halogenated alkanes) is 44. The summed E-state index contributed by atoms with van der Waals surface area (Å²) in [7, 11) is 0. The van der Waals surface area contributed by atoms with E-state index >= 15 is 0 Å². The molecule has 0 fully saturated rings. The molecule has 0 saturated carbocycles. The number of aliphatic hydroxyl groups excluding tert-OH is 2. The summed E-state index contributed by atoms with van der Waals surface area (Å²) in [5.74, 6) is -0.0770. The van der Waals surface area contributed by atoms with Crippen molar-refractivity contribution in [1.29, 1.82) is 0 Å². The summed E-state index contributed by atoms with van der Waals surface area (Å²) >= 11 is 0. The number of carbonyl (C=O) groups is 2. The molecule has 0 aliphatic carbocycles. The van der Waals surface area contributed by atoms with Crippen LogP contribution in [0.5, 0.6) is 0 Å². The summed E-state index contributed by atoms with van der Waals surface area (Å²) in [5.41, 5.74) is 0. The van der Waals surface area contributed by atoms with E-state index in [1.807, 2.05) is 6.08 Å². The number of rotatable bonds is 57. The van der Waals surface area contributed by atoms with Crippen molar-refractivity contribution in [3.05, 3.63) is 24.3 Å². The Morgan fingerprint density at radius 1 is 0.397 bits per heavy atom. The molecule has 0 rings (SSSR count). The van der Waals surface area contributed by atoms with Gasteiger partial charge in [0.25, 0.3) is 0 Å². The Kier molecular flexibility index (Phi) is 56.5. The maximum absolute atomic E-state index is 12.5. The van der Waals surface area contributed by atoms with E-state index in [-0.39, 0.29) is 18.5 Å². The average molecular weight is 959 g/mol. The molecular weight excluding hydrogens is 839 g/mol. The lowest BCUT2D eigenvalue weighted by Crippen LogP contribution is -2.45. The van der Waals surface area contributed by atoms with Gasteiger partial charge < -0.3 is 20.3 Å². The van der Waals surface area contributed by atoms with Crippen LogP contribution in [-0.2, 0) is 14.3 Å². The van der Waals surface area contributed by atoms with Gasteiger partial charge in [0.05, 0.1) is 25.4 Å². The van der Waals surface area contributed by atoms with Gasteiger partial charge in [-0.25, -0.2) is 0 Å². The number of esters is 1. The number of allylic oxidation sites excluding steroid dienone is 3. The molecule has 0 aliphatic heterocycles. The van der Waals surface area contributed by atoms with Crippen LogP contribution in [0.3, 0.4) is 0 Å². The molecule has 68 heavy (non-hydrogen) atoms. The minimum atomic E-state index is -0.854. The minimum absolute atomic E-state index is 0.00223. The quantitative estimate of drug-likeness (QED) is 0.0321. The molecule has 0 aliphatic rings. The first-order chi connectivity index (χ1) is 33.5. The van der Waals surface area contributed by atoms with Crippen LogP contribution in [0.4, 0.5) is 0 Å². The summed E-state index contributed by atoms with van der Waals surface area (Å²) in [4.78, 5) is 24.5. The van der Waals surface area contributed by atoms with Crippen LogP contribution in [0, 0.1) is 0 Å². The fourth-order valence-electron chi connectivity index (χ4n) is 9.51. The largest absolute Gasteiger partial charge is 0.466 e. The number of carbonyl (C=O) groups excluding carboxylic acids is 2. The van der Waals surface area contributed by atoms with Gasteiger partial charge in [-0.15, -0.1) is 0 Å². The van der Waals surface area contributed by atoms with Crippen molar-refractivity contribution in [2.24, 2.45) is 0 Å². The number of ether oxygens (including phenoxy) is 1. The van der Waals surface area contributed by atoms with E-state index in [2.05, 4.69) is 31.3 Å². The van der Waals surface area contributed by atoms with Crippen LogP contribution >= 0.6 is 0 Å². The highest BCUT2D eigenvalue weighted by atomic mass is 16.5. The van der Waals surface area contributed by atoms with E-state index in [1.54, 1.807) is 6.08 Å². The van der Waals surface area contributed by atoms with Crippen LogP contribution in [0.2, 0.25) is 0 Å². The van der Waals surface area contributed by atoms with Gasteiger partial charge in [0, 0.05) is 12.8 Å². The topological polar surface area (TPSA) is 95.9 Å². The Balaban J connectivity index is 3.49.